The Hall–Kier alpha value is -2.05. The van der Waals surface area contributed by atoms with Crippen LogP contribution >= 0.6 is 0 Å². The van der Waals surface area contributed by atoms with Gasteiger partial charge in [-0.1, -0.05) is 161 Å². The molecule has 0 saturated heterocycles. The molecule has 46 heavy (non-hydrogen) atoms. The number of nitrogens with zero attached hydrogens (tertiary/aromatic N) is 1. The lowest BCUT2D eigenvalue weighted by Crippen LogP contribution is -2.47. The van der Waals surface area contributed by atoms with Gasteiger partial charge in [0.25, 0.3) is 0 Å². The van der Waals surface area contributed by atoms with Crippen LogP contribution in [0.2, 0.25) is 0 Å². The van der Waals surface area contributed by atoms with Gasteiger partial charge in [-0.3, -0.25) is 14.6 Å². The Kier molecular flexibility index (Phi) is 34.2. The summed E-state index contributed by atoms with van der Waals surface area (Å²) < 4.78 is 0. The molecule has 0 heterocycles. The lowest BCUT2D eigenvalue weighted by Gasteiger charge is -2.18. The quantitative estimate of drug-likeness (QED) is 0.0237. The van der Waals surface area contributed by atoms with E-state index in [2.05, 4.69) is 41.6 Å². The topological polar surface area (TPSA) is 123 Å². The van der Waals surface area contributed by atoms with Gasteiger partial charge in [-0.15, -0.1) is 0 Å². The van der Waals surface area contributed by atoms with Crippen LogP contribution in [0.1, 0.15) is 200 Å². The van der Waals surface area contributed by atoms with Gasteiger partial charge in [0.15, 0.2) is 5.96 Å². The lowest BCUT2D eigenvalue weighted by molar-refractivity contribution is -0.129. The zero-order valence-electron chi connectivity index (χ0n) is 30.6. The Labute approximate surface area is 285 Å². The maximum Gasteiger partial charge on any atom is 0.242 e. The van der Waals surface area contributed by atoms with Crippen molar-refractivity contribution >= 4 is 17.8 Å². The van der Waals surface area contributed by atoms with E-state index in [1.165, 1.54) is 135 Å². The maximum atomic E-state index is 12.9. The van der Waals surface area contributed by atoms with Crippen LogP contribution in [0.4, 0.5) is 0 Å². The second-order valence-corrected chi connectivity index (χ2v) is 13.4. The third-order valence-corrected chi connectivity index (χ3v) is 8.86. The average molecular weight is 648 g/mol. The number of allylic oxidation sites excluding steroid dienone is 2. The molecule has 0 bridgehead atoms. The molecule has 0 aliphatic heterocycles. The van der Waals surface area contributed by atoms with Crippen molar-refractivity contribution in [2.45, 2.75) is 206 Å². The molecule has 6 N–H and O–H groups in total. The number of amides is 2. The smallest absolute Gasteiger partial charge is 0.242 e. The highest BCUT2D eigenvalue weighted by molar-refractivity contribution is 5.87. The number of rotatable bonds is 35. The summed E-state index contributed by atoms with van der Waals surface area (Å²) in [5.74, 6) is -0.210. The third-order valence-electron chi connectivity index (χ3n) is 8.86. The molecule has 0 saturated carbocycles. The summed E-state index contributed by atoms with van der Waals surface area (Å²) in [6.45, 7) is 5.49. The molecule has 7 heteroatoms. The summed E-state index contributed by atoms with van der Waals surface area (Å²) in [5.41, 5.74) is 10.9. The van der Waals surface area contributed by atoms with E-state index in [-0.39, 0.29) is 17.8 Å². The van der Waals surface area contributed by atoms with E-state index in [1.54, 1.807) is 0 Å². The van der Waals surface area contributed by atoms with Gasteiger partial charge in [-0.25, -0.2) is 0 Å². The second-order valence-electron chi connectivity index (χ2n) is 13.4. The monoisotopic (exact) mass is 648 g/mol. The van der Waals surface area contributed by atoms with Crippen molar-refractivity contribution in [3.8, 4) is 0 Å². The number of aliphatic imine (C=N–C) groups is 1. The fraction of sp³-hybridized carbons (Fsp3) is 0.872. The highest BCUT2D eigenvalue weighted by atomic mass is 16.2. The standard InChI is InChI=1S/C39H77N5O2/c1-3-5-7-9-11-13-15-17-19-20-22-24-26-28-30-32-37(45)44-36(33-35-43-39(40)41)38(46)42-34-31-29-27-25-23-21-18-16-14-12-10-8-6-4-2/h17,19,36H,3-16,18,20-35H2,1-2H3,(H,42,46)(H,44,45)(H4,40,41,43)/b19-17-/t36-/m1/s1. The summed E-state index contributed by atoms with van der Waals surface area (Å²) in [5, 5.41) is 5.95. The Morgan fingerprint density at radius 2 is 1.00 bits per heavy atom. The van der Waals surface area contributed by atoms with Gasteiger partial charge in [0.2, 0.25) is 11.8 Å². The lowest BCUT2D eigenvalue weighted by atomic mass is 10.0. The summed E-state index contributed by atoms with van der Waals surface area (Å²) in [4.78, 5) is 29.5. The number of hydrogen-bond acceptors (Lipinski definition) is 3. The van der Waals surface area contributed by atoms with Crippen molar-refractivity contribution in [1.82, 2.24) is 10.6 Å². The predicted octanol–water partition coefficient (Wildman–Crippen LogP) is 9.77. The minimum Gasteiger partial charge on any atom is -0.370 e. The van der Waals surface area contributed by atoms with Crippen LogP contribution in [0.15, 0.2) is 17.1 Å². The van der Waals surface area contributed by atoms with Crippen molar-refractivity contribution in [2.24, 2.45) is 16.5 Å². The molecular formula is C39H77N5O2. The zero-order valence-corrected chi connectivity index (χ0v) is 30.6. The van der Waals surface area contributed by atoms with Gasteiger partial charge in [-0.2, -0.15) is 0 Å². The van der Waals surface area contributed by atoms with Crippen LogP contribution in [0.5, 0.6) is 0 Å². The Bertz CT molecular complexity index is 736. The number of carbonyl (C=O) groups is 2. The Morgan fingerprint density at radius 3 is 1.46 bits per heavy atom. The van der Waals surface area contributed by atoms with Crippen molar-refractivity contribution in [3.05, 3.63) is 12.2 Å². The number of nitrogens with one attached hydrogen (secondary N) is 2. The molecule has 0 aromatic heterocycles. The van der Waals surface area contributed by atoms with Gasteiger partial charge in [-0.05, 0) is 44.9 Å². The number of nitrogens with two attached hydrogens (primary N) is 2. The summed E-state index contributed by atoms with van der Waals surface area (Å²) in [6, 6.07) is -0.606. The molecule has 270 valence electrons. The van der Waals surface area contributed by atoms with Crippen LogP contribution in [0.3, 0.4) is 0 Å². The molecule has 1 atom stereocenters. The molecule has 0 rings (SSSR count). The first kappa shape index (κ1) is 43.9. The molecule has 0 aromatic carbocycles. The van der Waals surface area contributed by atoms with Crippen molar-refractivity contribution < 1.29 is 9.59 Å². The molecule has 0 aliphatic rings. The second kappa shape index (κ2) is 35.8. The van der Waals surface area contributed by atoms with Gasteiger partial charge >= 0.3 is 0 Å². The molecule has 0 radical (unpaired) electrons. The summed E-state index contributed by atoms with van der Waals surface area (Å²) in [6.07, 6.45) is 39.8. The number of unbranched alkanes of at least 4 members (excludes halogenated alkanes) is 24. The van der Waals surface area contributed by atoms with Gasteiger partial charge in [0.05, 0.1) is 0 Å². The van der Waals surface area contributed by atoms with Crippen molar-refractivity contribution in [1.29, 1.82) is 0 Å². The van der Waals surface area contributed by atoms with Gasteiger partial charge < -0.3 is 22.1 Å². The SMILES string of the molecule is CCCCCCCC/C=C\CCCCCCCC(=O)N[C@H](CCN=C(N)N)C(=O)NCCCCCCCCCCCCCCCC. The fourth-order valence-corrected chi connectivity index (χ4v) is 5.87. The Morgan fingerprint density at radius 1 is 0.587 bits per heavy atom. The molecular weight excluding hydrogens is 570 g/mol. The van der Waals surface area contributed by atoms with Crippen LogP contribution in [0.25, 0.3) is 0 Å². The van der Waals surface area contributed by atoms with Crippen LogP contribution < -0.4 is 22.1 Å². The number of carbonyl (C=O) groups excluding carboxylic acids is 2. The first-order valence-electron chi connectivity index (χ1n) is 19.8. The first-order valence-corrected chi connectivity index (χ1v) is 19.8. The summed E-state index contributed by atoms with van der Waals surface area (Å²) in [7, 11) is 0. The van der Waals surface area contributed by atoms with Crippen LogP contribution in [0, 0.1) is 0 Å². The van der Waals surface area contributed by atoms with E-state index < -0.39 is 6.04 Å². The van der Waals surface area contributed by atoms with Gasteiger partial charge in [0, 0.05) is 19.5 Å². The number of hydrogen-bond donors (Lipinski definition) is 4. The van der Waals surface area contributed by atoms with Crippen molar-refractivity contribution in [3.63, 3.8) is 0 Å². The minimum absolute atomic E-state index is 0.00110. The molecule has 0 aliphatic carbocycles. The maximum absolute atomic E-state index is 12.9. The van der Waals surface area contributed by atoms with Crippen LogP contribution in [-0.4, -0.2) is 36.9 Å². The van der Waals surface area contributed by atoms with E-state index >= 15 is 0 Å². The molecule has 2 amide bonds. The molecule has 0 fully saturated rings. The van der Waals surface area contributed by atoms with Gasteiger partial charge in [0.1, 0.15) is 6.04 Å². The first-order chi connectivity index (χ1) is 22.5. The Balaban J connectivity index is 3.95. The van der Waals surface area contributed by atoms with E-state index in [0.717, 1.165) is 38.5 Å². The predicted molar refractivity (Wildman–Crippen MR) is 200 cm³/mol. The molecule has 0 aromatic rings. The molecule has 0 unspecified atom stereocenters. The van der Waals surface area contributed by atoms with E-state index in [9.17, 15) is 9.59 Å². The minimum atomic E-state index is -0.606. The zero-order chi connectivity index (χ0) is 33.8. The van der Waals surface area contributed by atoms with E-state index in [0.29, 0.717) is 25.9 Å². The van der Waals surface area contributed by atoms with Crippen LogP contribution in [-0.2, 0) is 9.59 Å². The molecule has 7 nitrogen and oxygen atoms in total. The highest BCUT2D eigenvalue weighted by Crippen LogP contribution is 2.13. The molecule has 0 spiro atoms. The number of guanidine groups is 1. The van der Waals surface area contributed by atoms with E-state index in [4.69, 9.17) is 11.5 Å². The van der Waals surface area contributed by atoms with E-state index in [1.807, 2.05) is 0 Å². The normalized spacial score (nSPS) is 12.0. The average Bonchev–Trinajstić information content (AvgIpc) is 3.04. The largest absolute Gasteiger partial charge is 0.370 e. The highest BCUT2D eigenvalue weighted by Gasteiger charge is 2.20. The fourth-order valence-electron chi connectivity index (χ4n) is 5.87. The van der Waals surface area contributed by atoms with Crippen molar-refractivity contribution in [2.75, 3.05) is 13.1 Å². The third kappa shape index (κ3) is 33.3. The summed E-state index contributed by atoms with van der Waals surface area (Å²) >= 11 is 0.